The molecule has 0 bridgehead atoms. The van der Waals surface area contributed by atoms with Crippen molar-refractivity contribution in [1.82, 2.24) is 5.32 Å². The second kappa shape index (κ2) is 9.92. The number of hydrogen-bond acceptors (Lipinski definition) is 5. The van der Waals surface area contributed by atoms with Crippen molar-refractivity contribution in [1.29, 1.82) is 0 Å². The molecule has 0 aliphatic heterocycles. The summed E-state index contributed by atoms with van der Waals surface area (Å²) in [6.45, 7) is -1.67. The number of rotatable bonds is 9. The molecule has 2 amide bonds. The Bertz CT molecular complexity index is 895. The van der Waals surface area contributed by atoms with E-state index < -0.39 is 31.1 Å². The number of nitrogens with two attached hydrogens (primary N) is 1. The van der Waals surface area contributed by atoms with Crippen molar-refractivity contribution in [2.45, 2.75) is 19.6 Å². The second-order valence-electron chi connectivity index (χ2n) is 5.89. The Labute approximate surface area is 170 Å². The summed E-state index contributed by atoms with van der Waals surface area (Å²) in [6.07, 6.45) is 0. The monoisotopic (exact) mass is 428 g/mol. The van der Waals surface area contributed by atoms with Crippen LogP contribution in [0.2, 0.25) is 5.02 Å². The highest BCUT2D eigenvalue weighted by Gasteiger charge is 2.18. The van der Waals surface area contributed by atoms with Crippen LogP contribution in [0.25, 0.3) is 0 Å². The van der Waals surface area contributed by atoms with Gasteiger partial charge in [-0.25, -0.2) is 0 Å². The first-order valence-corrected chi connectivity index (χ1v) is 8.73. The van der Waals surface area contributed by atoms with E-state index in [-0.39, 0.29) is 27.8 Å². The van der Waals surface area contributed by atoms with Gasteiger partial charge >= 0.3 is 6.61 Å². The van der Waals surface area contributed by atoms with Gasteiger partial charge in [-0.2, -0.15) is 8.78 Å². The molecule has 1 unspecified atom stereocenters. The first-order chi connectivity index (χ1) is 13.7. The fourth-order valence-corrected chi connectivity index (χ4v) is 2.72. The molecule has 29 heavy (non-hydrogen) atoms. The zero-order valence-electron chi connectivity index (χ0n) is 15.6. The van der Waals surface area contributed by atoms with Crippen molar-refractivity contribution >= 4 is 23.4 Å². The molecular formula is C19H19ClF2N2O5. The van der Waals surface area contributed by atoms with Crippen LogP contribution in [0, 0.1) is 0 Å². The molecule has 0 heterocycles. The van der Waals surface area contributed by atoms with Gasteiger partial charge in [0.25, 0.3) is 11.8 Å². The average Bonchev–Trinajstić information content (AvgIpc) is 2.65. The average molecular weight is 429 g/mol. The summed E-state index contributed by atoms with van der Waals surface area (Å²) in [7, 11) is 1.35. The number of benzene rings is 2. The van der Waals surface area contributed by atoms with Gasteiger partial charge in [0.05, 0.1) is 18.2 Å². The van der Waals surface area contributed by atoms with Gasteiger partial charge in [-0.05, 0) is 36.8 Å². The molecule has 0 aliphatic rings. The zero-order valence-corrected chi connectivity index (χ0v) is 16.3. The number of primary amides is 1. The molecule has 0 radical (unpaired) electrons. The minimum Gasteiger partial charge on any atom is -0.493 e. The largest absolute Gasteiger partial charge is 0.493 e. The van der Waals surface area contributed by atoms with E-state index in [1.54, 1.807) is 19.1 Å². The minimum atomic E-state index is -2.94. The van der Waals surface area contributed by atoms with Crippen LogP contribution in [0.4, 0.5) is 8.78 Å². The molecule has 2 rings (SSSR count). The maximum atomic E-state index is 12.6. The number of carbonyl (C=O) groups is 2. The van der Waals surface area contributed by atoms with E-state index in [9.17, 15) is 18.4 Å². The quantitative estimate of drug-likeness (QED) is 0.638. The number of nitrogens with one attached hydrogen (secondary N) is 1. The Morgan fingerprint density at radius 3 is 2.59 bits per heavy atom. The van der Waals surface area contributed by atoms with Gasteiger partial charge < -0.3 is 25.3 Å². The predicted octanol–water partition coefficient (Wildman–Crippen LogP) is 3.31. The third-order valence-corrected chi connectivity index (χ3v) is 4.06. The highest BCUT2D eigenvalue weighted by Crippen LogP contribution is 2.36. The first-order valence-electron chi connectivity index (χ1n) is 8.35. The van der Waals surface area contributed by atoms with Gasteiger partial charge in [-0.3, -0.25) is 9.59 Å². The first kappa shape index (κ1) is 22.2. The van der Waals surface area contributed by atoms with Crippen LogP contribution < -0.4 is 25.3 Å². The summed E-state index contributed by atoms with van der Waals surface area (Å²) < 4.78 is 39.5. The van der Waals surface area contributed by atoms with Crippen LogP contribution in [-0.2, 0) is 4.79 Å². The maximum absolute atomic E-state index is 12.6. The Morgan fingerprint density at radius 2 is 1.97 bits per heavy atom. The van der Waals surface area contributed by atoms with Crippen LogP contribution in [0.3, 0.4) is 0 Å². The number of amides is 2. The highest BCUT2D eigenvalue weighted by molar-refractivity contribution is 6.32. The topological polar surface area (TPSA) is 99.9 Å². The van der Waals surface area contributed by atoms with Crippen LogP contribution in [0.5, 0.6) is 17.2 Å². The lowest BCUT2D eigenvalue weighted by Crippen LogP contribution is -2.26. The predicted molar refractivity (Wildman–Crippen MR) is 102 cm³/mol. The SMILES string of the molecule is COc1cc(C(=O)NC(C)c2cccc(OC(F)F)c2)cc(Cl)c1OCC(N)=O. The summed E-state index contributed by atoms with van der Waals surface area (Å²) >= 11 is 6.14. The third kappa shape index (κ3) is 6.21. The summed E-state index contributed by atoms with van der Waals surface area (Å²) in [4.78, 5) is 23.5. The van der Waals surface area contributed by atoms with Gasteiger partial charge in [-0.15, -0.1) is 0 Å². The molecule has 156 valence electrons. The molecule has 7 nitrogen and oxygen atoms in total. The molecule has 0 saturated heterocycles. The fraction of sp³-hybridized carbons (Fsp3) is 0.263. The van der Waals surface area contributed by atoms with Gasteiger partial charge in [0.15, 0.2) is 18.1 Å². The molecule has 2 aromatic rings. The lowest BCUT2D eigenvalue weighted by molar-refractivity contribution is -0.119. The van der Waals surface area contributed by atoms with Gasteiger partial charge in [0.2, 0.25) is 0 Å². The van der Waals surface area contributed by atoms with Gasteiger partial charge in [0, 0.05) is 5.56 Å². The van der Waals surface area contributed by atoms with E-state index in [4.69, 9.17) is 26.8 Å². The van der Waals surface area contributed by atoms with E-state index in [1.165, 1.54) is 31.4 Å². The van der Waals surface area contributed by atoms with Crippen LogP contribution in [-0.4, -0.2) is 32.1 Å². The Balaban J connectivity index is 2.17. The number of halogens is 3. The summed E-state index contributed by atoms with van der Waals surface area (Å²) in [5, 5.41) is 2.78. The summed E-state index contributed by atoms with van der Waals surface area (Å²) in [5.74, 6) is -0.978. The van der Waals surface area contributed by atoms with E-state index in [0.717, 1.165) is 0 Å². The maximum Gasteiger partial charge on any atom is 0.387 e. The van der Waals surface area contributed by atoms with E-state index in [1.807, 2.05) is 0 Å². The lowest BCUT2D eigenvalue weighted by atomic mass is 10.1. The Morgan fingerprint density at radius 1 is 1.24 bits per heavy atom. The number of alkyl halides is 2. The molecule has 0 aromatic heterocycles. The molecule has 0 fully saturated rings. The molecule has 3 N–H and O–H groups in total. The van der Waals surface area contributed by atoms with Gasteiger partial charge in [0.1, 0.15) is 5.75 Å². The standard InChI is InChI=1S/C19H19ClF2N2O5/c1-10(11-4-3-5-13(6-11)29-19(21)22)24-18(26)12-7-14(20)17(15(8-12)27-2)28-9-16(23)25/h3-8,10,19H,9H2,1-2H3,(H2,23,25)(H,24,26). The number of methoxy groups -OCH3 is 1. The molecule has 0 spiro atoms. The van der Waals surface area contributed by atoms with Crippen LogP contribution >= 0.6 is 11.6 Å². The smallest absolute Gasteiger partial charge is 0.387 e. The molecule has 2 aromatic carbocycles. The van der Waals surface area contributed by atoms with E-state index in [2.05, 4.69) is 10.1 Å². The molecule has 0 saturated carbocycles. The Hall–Kier alpha value is -3.07. The van der Waals surface area contributed by atoms with Crippen molar-refractivity contribution in [2.24, 2.45) is 5.73 Å². The van der Waals surface area contributed by atoms with Gasteiger partial charge in [-0.1, -0.05) is 23.7 Å². The van der Waals surface area contributed by atoms with Crippen molar-refractivity contribution in [3.8, 4) is 17.2 Å². The summed E-state index contributed by atoms with van der Waals surface area (Å²) in [5.41, 5.74) is 5.78. The number of ether oxygens (including phenoxy) is 3. The van der Waals surface area contributed by atoms with E-state index >= 15 is 0 Å². The van der Waals surface area contributed by atoms with Crippen molar-refractivity contribution in [3.63, 3.8) is 0 Å². The minimum absolute atomic E-state index is 0.0146. The van der Waals surface area contributed by atoms with Crippen molar-refractivity contribution in [3.05, 3.63) is 52.5 Å². The molecule has 0 aliphatic carbocycles. The van der Waals surface area contributed by atoms with Crippen LogP contribution in [0.15, 0.2) is 36.4 Å². The third-order valence-electron chi connectivity index (χ3n) is 3.78. The molecule has 10 heteroatoms. The molecular weight excluding hydrogens is 410 g/mol. The number of hydrogen-bond donors (Lipinski definition) is 2. The molecule has 1 atom stereocenters. The van der Waals surface area contributed by atoms with Crippen molar-refractivity contribution < 1.29 is 32.6 Å². The lowest BCUT2D eigenvalue weighted by Gasteiger charge is -2.17. The van der Waals surface area contributed by atoms with Crippen molar-refractivity contribution in [2.75, 3.05) is 13.7 Å². The highest BCUT2D eigenvalue weighted by atomic mass is 35.5. The second-order valence-corrected chi connectivity index (χ2v) is 6.30. The fourth-order valence-electron chi connectivity index (χ4n) is 2.46. The Kier molecular flexibility index (Phi) is 7.60. The van der Waals surface area contributed by atoms with E-state index in [0.29, 0.717) is 5.56 Å². The zero-order chi connectivity index (χ0) is 21.6. The summed E-state index contributed by atoms with van der Waals surface area (Å²) in [6, 6.07) is 8.22. The number of carbonyl (C=O) groups excluding carboxylic acids is 2. The van der Waals surface area contributed by atoms with Crippen LogP contribution in [0.1, 0.15) is 28.9 Å². The normalized spacial score (nSPS) is 11.7.